The van der Waals surface area contributed by atoms with Crippen LogP contribution in [0.4, 0.5) is 11.4 Å². The molecule has 2 amide bonds. The minimum Gasteiger partial charge on any atom is -0.371 e. The van der Waals surface area contributed by atoms with Crippen molar-refractivity contribution >= 4 is 23.2 Å². The second-order valence-electron chi connectivity index (χ2n) is 7.33. The number of hydrogen-bond acceptors (Lipinski definition) is 3. The molecule has 5 nitrogen and oxygen atoms in total. The summed E-state index contributed by atoms with van der Waals surface area (Å²) in [6, 6.07) is 5.87. The second-order valence-corrected chi connectivity index (χ2v) is 7.33. The Labute approximate surface area is 150 Å². The summed E-state index contributed by atoms with van der Waals surface area (Å²) in [6.07, 6.45) is 6.29. The molecule has 1 aromatic carbocycles. The molecule has 1 saturated carbocycles. The Morgan fingerprint density at radius 2 is 1.92 bits per heavy atom. The van der Waals surface area contributed by atoms with Gasteiger partial charge in [-0.3, -0.25) is 9.59 Å². The average molecular weight is 343 g/mol. The van der Waals surface area contributed by atoms with Crippen molar-refractivity contribution in [2.75, 3.05) is 23.3 Å². The van der Waals surface area contributed by atoms with E-state index >= 15 is 0 Å². The second kappa shape index (κ2) is 7.89. The highest BCUT2D eigenvalue weighted by molar-refractivity contribution is 6.02. The van der Waals surface area contributed by atoms with E-state index in [2.05, 4.69) is 22.5 Å². The summed E-state index contributed by atoms with van der Waals surface area (Å²) >= 11 is 0. The lowest BCUT2D eigenvalue weighted by Crippen LogP contribution is -2.34. The van der Waals surface area contributed by atoms with Crippen LogP contribution in [-0.2, 0) is 4.79 Å². The van der Waals surface area contributed by atoms with Crippen LogP contribution >= 0.6 is 0 Å². The molecular formula is C20H29N3O2. The molecule has 0 spiro atoms. The van der Waals surface area contributed by atoms with Gasteiger partial charge in [0.1, 0.15) is 0 Å². The minimum atomic E-state index is -0.0593. The molecule has 0 bridgehead atoms. The van der Waals surface area contributed by atoms with Crippen LogP contribution in [-0.4, -0.2) is 30.9 Å². The summed E-state index contributed by atoms with van der Waals surface area (Å²) in [5, 5.41) is 6.04. The number of benzene rings is 1. The van der Waals surface area contributed by atoms with Crippen molar-refractivity contribution in [1.82, 2.24) is 5.32 Å². The number of hydrogen-bond donors (Lipinski definition) is 2. The van der Waals surface area contributed by atoms with E-state index < -0.39 is 0 Å². The Morgan fingerprint density at radius 1 is 1.20 bits per heavy atom. The summed E-state index contributed by atoms with van der Waals surface area (Å²) < 4.78 is 0. The number of carbonyl (C=O) groups excluding carboxylic acids is 2. The van der Waals surface area contributed by atoms with Crippen molar-refractivity contribution in [2.24, 2.45) is 5.92 Å². The normalized spacial score (nSPS) is 18.6. The van der Waals surface area contributed by atoms with Crippen LogP contribution in [0.2, 0.25) is 0 Å². The van der Waals surface area contributed by atoms with Crippen molar-refractivity contribution in [3.63, 3.8) is 0 Å². The molecule has 1 aliphatic heterocycles. The molecule has 1 heterocycles. The topological polar surface area (TPSA) is 61.4 Å². The third kappa shape index (κ3) is 4.14. The van der Waals surface area contributed by atoms with E-state index in [1.807, 2.05) is 25.1 Å². The third-order valence-electron chi connectivity index (χ3n) is 5.42. The van der Waals surface area contributed by atoms with Gasteiger partial charge in [-0.1, -0.05) is 13.3 Å². The van der Waals surface area contributed by atoms with E-state index in [9.17, 15) is 9.59 Å². The standard InChI is InChI=1S/C20H29N3O2/c1-3-14(2)21-20(25)17-13-16(22-19(24)15-7-6-8-15)9-10-18(17)23-11-4-5-12-23/h9-10,13-15H,3-8,11-12H2,1-2H3,(H,21,25)(H,22,24). The minimum absolute atomic E-state index is 0.0593. The lowest BCUT2D eigenvalue weighted by atomic mass is 9.85. The molecule has 136 valence electrons. The Balaban J connectivity index is 1.82. The molecule has 5 heteroatoms. The highest BCUT2D eigenvalue weighted by atomic mass is 16.2. The number of amides is 2. The number of carbonyl (C=O) groups is 2. The van der Waals surface area contributed by atoms with Gasteiger partial charge < -0.3 is 15.5 Å². The van der Waals surface area contributed by atoms with Crippen LogP contribution in [0.3, 0.4) is 0 Å². The summed E-state index contributed by atoms with van der Waals surface area (Å²) in [4.78, 5) is 27.3. The summed E-state index contributed by atoms with van der Waals surface area (Å²) in [6.45, 7) is 6.03. The Bertz CT molecular complexity index is 634. The molecular weight excluding hydrogens is 314 g/mol. The van der Waals surface area contributed by atoms with E-state index in [4.69, 9.17) is 0 Å². The van der Waals surface area contributed by atoms with Gasteiger partial charge in [-0.15, -0.1) is 0 Å². The molecule has 3 rings (SSSR count). The van der Waals surface area contributed by atoms with Gasteiger partial charge >= 0.3 is 0 Å². The molecule has 0 radical (unpaired) electrons. The lowest BCUT2D eigenvalue weighted by molar-refractivity contribution is -0.122. The summed E-state index contributed by atoms with van der Waals surface area (Å²) in [5.74, 6) is 0.153. The highest BCUT2D eigenvalue weighted by Gasteiger charge is 2.26. The van der Waals surface area contributed by atoms with Crippen LogP contribution in [0.1, 0.15) is 62.7 Å². The van der Waals surface area contributed by atoms with Gasteiger partial charge in [-0.25, -0.2) is 0 Å². The van der Waals surface area contributed by atoms with E-state index in [-0.39, 0.29) is 23.8 Å². The molecule has 1 unspecified atom stereocenters. The first kappa shape index (κ1) is 17.8. The maximum Gasteiger partial charge on any atom is 0.253 e. The first-order chi connectivity index (χ1) is 12.1. The Hall–Kier alpha value is -2.04. The fourth-order valence-corrected chi connectivity index (χ4v) is 3.35. The Morgan fingerprint density at radius 3 is 2.52 bits per heavy atom. The van der Waals surface area contributed by atoms with Crippen molar-refractivity contribution in [3.8, 4) is 0 Å². The first-order valence-electron chi connectivity index (χ1n) is 9.59. The molecule has 1 saturated heterocycles. The molecule has 2 N–H and O–H groups in total. The highest BCUT2D eigenvalue weighted by Crippen LogP contribution is 2.30. The van der Waals surface area contributed by atoms with E-state index in [0.717, 1.165) is 57.3 Å². The van der Waals surface area contributed by atoms with Crippen molar-refractivity contribution in [1.29, 1.82) is 0 Å². The number of nitrogens with zero attached hydrogens (tertiary/aromatic N) is 1. The average Bonchev–Trinajstić information content (AvgIpc) is 3.07. The van der Waals surface area contributed by atoms with Gasteiger partial charge in [0, 0.05) is 36.4 Å². The largest absolute Gasteiger partial charge is 0.371 e. The zero-order valence-corrected chi connectivity index (χ0v) is 15.3. The molecule has 25 heavy (non-hydrogen) atoms. The SMILES string of the molecule is CCC(C)NC(=O)c1cc(NC(=O)C2CCC2)ccc1N1CCCC1. The first-order valence-corrected chi connectivity index (χ1v) is 9.59. The van der Waals surface area contributed by atoms with Crippen LogP contribution in [0, 0.1) is 5.92 Å². The maximum atomic E-state index is 12.8. The summed E-state index contributed by atoms with van der Waals surface area (Å²) in [5.41, 5.74) is 2.35. The zero-order valence-electron chi connectivity index (χ0n) is 15.3. The quantitative estimate of drug-likeness (QED) is 0.830. The monoisotopic (exact) mass is 343 g/mol. The van der Waals surface area contributed by atoms with Crippen LogP contribution in [0.5, 0.6) is 0 Å². The predicted octanol–water partition coefficient (Wildman–Crippen LogP) is 3.55. The van der Waals surface area contributed by atoms with Gasteiger partial charge in [0.2, 0.25) is 5.91 Å². The summed E-state index contributed by atoms with van der Waals surface area (Å²) in [7, 11) is 0. The van der Waals surface area contributed by atoms with E-state index in [1.54, 1.807) is 0 Å². The molecule has 1 atom stereocenters. The molecule has 1 aromatic rings. The smallest absolute Gasteiger partial charge is 0.253 e. The van der Waals surface area contributed by atoms with Crippen molar-refractivity contribution in [3.05, 3.63) is 23.8 Å². The van der Waals surface area contributed by atoms with Crippen LogP contribution in [0.25, 0.3) is 0 Å². The lowest BCUT2D eigenvalue weighted by Gasteiger charge is -2.25. The third-order valence-corrected chi connectivity index (χ3v) is 5.42. The van der Waals surface area contributed by atoms with Crippen LogP contribution in [0.15, 0.2) is 18.2 Å². The van der Waals surface area contributed by atoms with Gasteiger partial charge in [0.15, 0.2) is 0 Å². The van der Waals surface area contributed by atoms with Crippen molar-refractivity contribution < 1.29 is 9.59 Å². The number of anilines is 2. The van der Waals surface area contributed by atoms with E-state index in [1.165, 1.54) is 0 Å². The van der Waals surface area contributed by atoms with Gasteiger partial charge in [0.25, 0.3) is 5.91 Å². The fraction of sp³-hybridized carbons (Fsp3) is 0.600. The number of rotatable bonds is 6. The Kier molecular flexibility index (Phi) is 5.61. The van der Waals surface area contributed by atoms with Gasteiger partial charge in [-0.2, -0.15) is 0 Å². The molecule has 2 aliphatic rings. The van der Waals surface area contributed by atoms with Crippen molar-refractivity contribution in [2.45, 2.75) is 58.4 Å². The molecule has 2 fully saturated rings. The van der Waals surface area contributed by atoms with Gasteiger partial charge in [0.05, 0.1) is 5.56 Å². The maximum absolute atomic E-state index is 12.8. The zero-order chi connectivity index (χ0) is 17.8. The van der Waals surface area contributed by atoms with Gasteiger partial charge in [-0.05, 0) is 57.2 Å². The molecule has 0 aromatic heterocycles. The van der Waals surface area contributed by atoms with E-state index in [0.29, 0.717) is 11.3 Å². The molecule has 1 aliphatic carbocycles. The predicted molar refractivity (Wildman–Crippen MR) is 101 cm³/mol. The van der Waals surface area contributed by atoms with Crippen LogP contribution < -0.4 is 15.5 Å². The number of nitrogens with one attached hydrogen (secondary N) is 2. The fourth-order valence-electron chi connectivity index (χ4n) is 3.35.